The fourth-order valence-corrected chi connectivity index (χ4v) is 1.29. The second-order valence-electron chi connectivity index (χ2n) is 2.87. The second-order valence-corrected chi connectivity index (χ2v) is 3.68. The van der Waals surface area contributed by atoms with Crippen molar-refractivity contribution in [1.29, 1.82) is 0 Å². The van der Waals surface area contributed by atoms with Crippen molar-refractivity contribution in [2.24, 2.45) is 0 Å². The van der Waals surface area contributed by atoms with E-state index in [-0.39, 0.29) is 16.1 Å². The number of anilines is 1. The zero-order chi connectivity index (χ0) is 12.3. The predicted molar refractivity (Wildman–Crippen MR) is 56.9 cm³/mol. The van der Waals surface area contributed by atoms with Gasteiger partial charge in [-0.3, -0.25) is 0 Å². The van der Waals surface area contributed by atoms with Crippen LogP contribution in [0.5, 0.6) is 0 Å². The van der Waals surface area contributed by atoms with Gasteiger partial charge in [0.2, 0.25) is 0 Å². The highest BCUT2D eigenvalue weighted by molar-refractivity contribution is 9.10. The summed E-state index contributed by atoms with van der Waals surface area (Å²) >= 11 is 2.99. The molecular weight excluding hydrogens is 291 g/mol. The molecular formula is C8H7BrF3N3O. The van der Waals surface area contributed by atoms with Gasteiger partial charge in [0.25, 0.3) is 5.69 Å². The SMILES string of the molecule is C=[N+]([O-])c1cnc(Br)cc1NCC(F)(F)F. The number of aromatic nitrogens is 1. The minimum atomic E-state index is -4.36. The molecule has 0 aliphatic rings. The van der Waals surface area contributed by atoms with Crippen LogP contribution in [-0.4, -0.2) is 29.2 Å². The standard InChI is InChI=1S/C8H7BrF3N3O/c1-15(16)6-3-13-7(9)2-5(6)14-4-8(10,11)12/h2-3H,1,4H2,(H,13,14). The lowest BCUT2D eigenvalue weighted by Crippen LogP contribution is -2.21. The molecule has 0 bridgehead atoms. The van der Waals surface area contributed by atoms with Crippen LogP contribution in [0.1, 0.15) is 0 Å². The third kappa shape index (κ3) is 3.69. The van der Waals surface area contributed by atoms with Crippen LogP contribution in [0.2, 0.25) is 0 Å². The van der Waals surface area contributed by atoms with Crippen LogP contribution >= 0.6 is 15.9 Å². The van der Waals surface area contributed by atoms with Gasteiger partial charge in [0.15, 0.2) is 0 Å². The van der Waals surface area contributed by atoms with Gasteiger partial charge >= 0.3 is 6.18 Å². The number of pyridine rings is 1. The molecule has 0 saturated heterocycles. The van der Waals surface area contributed by atoms with Gasteiger partial charge in [0.1, 0.15) is 29.7 Å². The van der Waals surface area contributed by atoms with Crippen molar-refractivity contribution in [3.05, 3.63) is 22.1 Å². The third-order valence-corrected chi connectivity index (χ3v) is 2.03. The first-order chi connectivity index (χ1) is 7.29. The molecule has 0 aliphatic heterocycles. The summed E-state index contributed by atoms with van der Waals surface area (Å²) in [4.78, 5) is 3.72. The quantitative estimate of drug-likeness (QED) is 0.307. The van der Waals surface area contributed by atoms with Crippen LogP contribution in [0.15, 0.2) is 16.9 Å². The Hall–Kier alpha value is -1.31. The van der Waals surface area contributed by atoms with Gasteiger partial charge in [-0.25, -0.2) is 4.98 Å². The topological polar surface area (TPSA) is 51.0 Å². The van der Waals surface area contributed by atoms with E-state index in [0.717, 1.165) is 6.20 Å². The smallest absolute Gasteiger partial charge is 0.405 e. The molecule has 0 radical (unpaired) electrons. The highest BCUT2D eigenvalue weighted by atomic mass is 79.9. The molecule has 1 rings (SSSR count). The average Bonchev–Trinajstić information content (AvgIpc) is 2.13. The molecule has 0 aromatic carbocycles. The molecule has 16 heavy (non-hydrogen) atoms. The fraction of sp³-hybridized carbons (Fsp3) is 0.250. The largest absolute Gasteiger partial charge is 0.619 e. The molecule has 0 spiro atoms. The summed E-state index contributed by atoms with van der Waals surface area (Å²) in [7, 11) is 0. The van der Waals surface area contributed by atoms with E-state index in [4.69, 9.17) is 0 Å². The van der Waals surface area contributed by atoms with E-state index in [2.05, 4.69) is 32.9 Å². The van der Waals surface area contributed by atoms with E-state index in [1.54, 1.807) is 0 Å². The minimum absolute atomic E-state index is 0.0178. The number of nitrogens with zero attached hydrogens (tertiary/aromatic N) is 2. The molecule has 0 atom stereocenters. The van der Waals surface area contributed by atoms with Crippen molar-refractivity contribution in [2.75, 3.05) is 11.9 Å². The summed E-state index contributed by atoms with van der Waals surface area (Å²) in [6, 6.07) is 1.27. The van der Waals surface area contributed by atoms with Crippen LogP contribution in [0.25, 0.3) is 0 Å². The normalized spacial score (nSPS) is 11.2. The Balaban J connectivity index is 2.93. The van der Waals surface area contributed by atoms with Gasteiger partial charge < -0.3 is 10.5 Å². The Bertz CT molecular complexity index is 408. The summed E-state index contributed by atoms with van der Waals surface area (Å²) < 4.78 is 36.4. The van der Waals surface area contributed by atoms with Crippen molar-refractivity contribution in [1.82, 2.24) is 4.98 Å². The van der Waals surface area contributed by atoms with Gasteiger partial charge in [0.05, 0.1) is 0 Å². The molecule has 0 saturated carbocycles. The van der Waals surface area contributed by atoms with Gasteiger partial charge in [-0.2, -0.15) is 17.9 Å². The molecule has 88 valence electrons. The molecule has 0 amide bonds. The molecule has 1 N–H and O–H groups in total. The number of hydrogen-bond acceptors (Lipinski definition) is 3. The first kappa shape index (κ1) is 12.8. The highest BCUT2D eigenvalue weighted by Gasteiger charge is 2.27. The van der Waals surface area contributed by atoms with Crippen molar-refractivity contribution >= 4 is 34.0 Å². The number of alkyl halides is 3. The van der Waals surface area contributed by atoms with Crippen LogP contribution in [-0.2, 0) is 0 Å². The van der Waals surface area contributed by atoms with E-state index < -0.39 is 12.7 Å². The maximum absolute atomic E-state index is 12.0. The fourth-order valence-electron chi connectivity index (χ4n) is 0.958. The number of halogens is 4. The summed E-state index contributed by atoms with van der Waals surface area (Å²) in [6.07, 6.45) is -3.23. The van der Waals surface area contributed by atoms with Gasteiger partial charge in [-0.05, 0) is 15.9 Å². The first-order valence-electron chi connectivity index (χ1n) is 4.03. The number of hydrogen-bond donors (Lipinski definition) is 1. The van der Waals surface area contributed by atoms with Crippen LogP contribution in [0.4, 0.5) is 24.5 Å². The predicted octanol–water partition coefficient (Wildman–Crippen LogP) is 2.66. The molecule has 1 heterocycles. The minimum Gasteiger partial charge on any atom is -0.619 e. The molecule has 1 aromatic heterocycles. The Labute approximate surface area is 97.5 Å². The lowest BCUT2D eigenvalue weighted by Gasteiger charge is -2.11. The third-order valence-electron chi connectivity index (χ3n) is 1.60. The molecule has 0 aliphatic carbocycles. The Morgan fingerprint density at radius 2 is 2.19 bits per heavy atom. The Morgan fingerprint density at radius 3 is 2.69 bits per heavy atom. The number of nitrogens with one attached hydrogen (secondary N) is 1. The number of rotatable bonds is 3. The highest BCUT2D eigenvalue weighted by Crippen LogP contribution is 2.27. The average molecular weight is 298 g/mol. The summed E-state index contributed by atoms with van der Waals surface area (Å²) in [5.74, 6) is 0. The van der Waals surface area contributed by atoms with Gasteiger partial charge in [-0.15, -0.1) is 0 Å². The molecule has 8 heteroatoms. The Morgan fingerprint density at radius 1 is 1.56 bits per heavy atom. The van der Waals surface area contributed by atoms with E-state index in [1.807, 2.05) is 0 Å². The van der Waals surface area contributed by atoms with E-state index >= 15 is 0 Å². The lowest BCUT2D eigenvalue weighted by molar-refractivity contribution is -0.349. The molecule has 0 unspecified atom stereocenters. The molecule has 1 aromatic rings. The van der Waals surface area contributed by atoms with E-state index in [1.165, 1.54) is 6.07 Å². The zero-order valence-electron chi connectivity index (χ0n) is 7.88. The summed E-state index contributed by atoms with van der Waals surface area (Å²) in [5.41, 5.74) is -0.0448. The summed E-state index contributed by atoms with van der Waals surface area (Å²) in [5, 5.41) is 13.0. The van der Waals surface area contributed by atoms with Crippen molar-refractivity contribution < 1.29 is 17.9 Å². The van der Waals surface area contributed by atoms with E-state index in [0.29, 0.717) is 4.60 Å². The van der Waals surface area contributed by atoms with Crippen LogP contribution in [0, 0.1) is 5.21 Å². The van der Waals surface area contributed by atoms with Crippen molar-refractivity contribution in [3.8, 4) is 0 Å². The monoisotopic (exact) mass is 297 g/mol. The molecule has 4 nitrogen and oxygen atoms in total. The van der Waals surface area contributed by atoms with Crippen LogP contribution in [0.3, 0.4) is 0 Å². The first-order valence-corrected chi connectivity index (χ1v) is 4.83. The van der Waals surface area contributed by atoms with Crippen LogP contribution < -0.4 is 5.32 Å². The maximum atomic E-state index is 12.0. The van der Waals surface area contributed by atoms with Crippen molar-refractivity contribution in [2.45, 2.75) is 6.18 Å². The van der Waals surface area contributed by atoms with Crippen molar-refractivity contribution in [3.63, 3.8) is 0 Å². The summed E-state index contributed by atoms with van der Waals surface area (Å²) in [6.45, 7) is 1.81. The second kappa shape index (κ2) is 4.69. The van der Waals surface area contributed by atoms with Gasteiger partial charge in [-0.1, -0.05) is 0 Å². The lowest BCUT2D eigenvalue weighted by atomic mass is 10.3. The molecule has 0 fully saturated rings. The maximum Gasteiger partial charge on any atom is 0.405 e. The Kier molecular flexibility index (Phi) is 3.74. The van der Waals surface area contributed by atoms with Gasteiger partial charge in [0, 0.05) is 6.07 Å². The zero-order valence-corrected chi connectivity index (χ0v) is 9.47. The van der Waals surface area contributed by atoms with E-state index in [9.17, 15) is 18.4 Å².